The lowest BCUT2D eigenvalue weighted by Crippen LogP contribution is -2.18. The van der Waals surface area contributed by atoms with E-state index in [4.69, 9.17) is 4.98 Å². The SMILES string of the molecule is CCCCCNCCc1nc(C(C)(C)C)cs1. The lowest BCUT2D eigenvalue weighted by molar-refractivity contribution is 0.568. The van der Waals surface area contributed by atoms with Crippen LogP contribution in [0.1, 0.15) is 57.7 Å². The fourth-order valence-electron chi connectivity index (χ4n) is 1.59. The van der Waals surface area contributed by atoms with Gasteiger partial charge >= 0.3 is 0 Å². The van der Waals surface area contributed by atoms with Crippen LogP contribution in [0.25, 0.3) is 0 Å². The summed E-state index contributed by atoms with van der Waals surface area (Å²) >= 11 is 1.79. The molecule has 0 unspecified atom stereocenters. The highest BCUT2D eigenvalue weighted by atomic mass is 32.1. The van der Waals surface area contributed by atoms with Gasteiger partial charge in [0.05, 0.1) is 10.7 Å². The van der Waals surface area contributed by atoms with Crippen LogP contribution in [0.15, 0.2) is 5.38 Å². The Kier molecular flexibility index (Phi) is 6.14. The van der Waals surface area contributed by atoms with Crippen molar-refractivity contribution < 1.29 is 0 Å². The maximum absolute atomic E-state index is 4.69. The molecule has 98 valence electrons. The van der Waals surface area contributed by atoms with E-state index in [9.17, 15) is 0 Å². The van der Waals surface area contributed by atoms with Gasteiger partial charge in [-0.15, -0.1) is 11.3 Å². The second-order valence-electron chi connectivity index (χ2n) is 5.58. The lowest BCUT2D eigenvalue weighted by Gasteiger charge is -2.14. The minimum Gasteiger partial charge on any atom is -0.316 e. The van der Waals surface area contributed by atoms with Crippen molar-refractivity contribution in [3.05, 3.63) is 16.1 Å². The Morgan fingerprint density at radius 3 is 2.59 bits per heavy atom. The van der Waals surface area contributed by atoms with Crippen molar-refractivity contribution in [3.63, 3.8) is 0 Å². The summed E-state index contributed by atoms with van der Waals surface area (Å²) in [4.78, 5) is 4.69. The molecule has 0 saturated carbocycles. The number of rotatable bonds is 7. The van der Waals surface area contributed by atoms with E-state index in [1.165, 1.54) is 30.0 Å². The quantitative estimate of drug-likeness (QED) is 0.749. The molecule has 0 aliphatic carbocycles. The third kappa shape index (κ3) is 5.64. The van der Waals surface area contributed by atoms with Gasteiger partial charge in [0, 0.05) is 23.8 Å². The van der Waals surface area contributed by atoms with Gasteiger partial charge in [0.2, 0.25) is 0 Å². The number of hydrogen-bond donors (Lipinski definition) is 1. The molecule has 0 fully saturated rings. The van der Waals surface area contributed by atoms with Crippen molar-refractivity contribution in [2.24, 2.45) is 0 Å². The zero-order valence-electron chi connectivity index (χ0n) is 11.7. The summed E-state index contributed by atoms with van der Waals surface area (Å²) in [6, 6.07) is 0. The van der Waals surface area contributed by atoms with Crippen LogP contribution >= 0.6 is 11.3 Å². The van der Waals surface area contributed by atoms with E-state index in [0.717, 1.165) is 19.5 Å². The number of aromatic nitrogens is 1. The summed E-state index contributed by atoms with van der Waals surface area (Å²) in [7, 11) is 0. The van der Waals surface area contributed by atoms with Crippen LogP contribution in [0.5, 0.6) is 0 Å². The van der Waals surface area contributed by atoms with Gasteiger partial charge in [-0.1, -0.05) is 40.5 Å². The summed E-state index contributed by atoms with van der Waals surface area (Å²) in [5.41, 5.74) is 1.41. The van der Waals surface area contributed by atoms with E-state index in [1.807, 2.05) is 0 Å². The van der Waals surface area contributed by atoms with Crippen molar-refractivity contribution in [1.82, 2.24) is 10.3 Å². The largest absolute Gasteiger partial charge is 0.316 e. The van der Waals surface area contributed by atoms with Crippen molar-refractivity contribution in [2.75, 3.05) is 13.1 Å². The molecule has 1 N–H and O–H groups in total. The topological polar surface area (TPSA) is 24.9 Å². The molecule has 1 aromatic rings. The van der Waals surface area contributed by atoms with Crippen LogP contribution in [-0.4, -0.2) is 18.1 Å². The van der Waals surface area contributed by atoms with Crippen molar-refractivity contribution >= 4 is 11.3 Å². The average molecular weight is 254 g/mol. The first-order valence-electron chi connectivity index (χ1n) is 6.69. The Bertz CT molecular complexity index is 312. The Labute approximate surface area is 110 Å². The van der Waals surface area contributed by atoms with Gasteiger partial charge in [0.15, 0.2) is 0 Å². The second-order valence-corrected chi connectivity index (χ2v) is 6.53. The summed E-state index contributed by atoms with van der Waals surface area (Å²) in [5.74, 6) is 0. The summed E-state index contributed by atoms with van der Waals surface area (Å²) in [6.45, 7) is 11.1. The zero-order valence-corrected chi connectivity index (χ0v) is 12.5. The Morgan fingerprint density at radius 1 is 1.24 bits per heavy atom. The Hall–Kier alpha value is -0.410. The van der Waals surface area contributed by atoms with Gasteiger partial charge in [-0.3, -0.25) is 0 Å². The smallest absolute Gasteiger partial charge is 0.0941 e. The highest BCUT2D eigenvalue weighted by molar-refractivity contribution is 7.09. The summed E-state index contributed by atoms with van der Waals surface area (Å²) in [5, 5.41) is 6.95. The first-order chi connectivity index (χ1) is 8.04. The second kappa shape index (κ2) is 7.12. The molecule has 0 bridgehead atoms. The third-order valence-corrected chi connectivity index (χ3v) is 3.70. The third-order valence-electron chi connectivity index (χ3n) is 2.79. The molecule has 2 nitrogen and oxygen atoms in total. The minimum atomic E-state index is 0.184. The highest BCUT2D eigenvalue weighted by Crippen LogP contribution is 2.23. The number of nitrogens with one attached hydrogen (secondary N) is 1. The van der Waals surface area contributed by atoms with Gasteiger partial charge in [-0.2, -0.15) is 0 Å². The minimum absolute atomic E-state index is 0.184. The lowest BCUT2D eigenvalue weighted by atomic mass is 9.93. The van der Waals surface area contributed by atoms with E-state index < -0.39 is 0 Å². The van der Waals surface area contributed by atoms with Crippen LogP contribution in [0, 0.1) is 0 Å². The Morgan fingerprint density at radius 2 is 2.00 bits per heavy atom. The fraction of sp³-hybridized carbons (Fsp3) is 0.786. The molecule has 0 radical (unpaired) electrons. The first-order valence-corrected chi connectivity index (χ1v) is 7.57. The molecule has 0 atom stereocenters. The molecule has 0 aromatic carbocycles. The van der Waals surface area contributed by atoms with E-state index in [0.29, 0.717) is 0 Å². The molecule has 0 amide bonds. The van der Waals surface area contributed by atoms with Crippen LogP contribution < -0.4 is 5.32 Å². The Balaban J connectivity index is 2.21. The summed E-state index contributed by atoms with van der Waals surface area (Å²) < 4.78 is 0. The first kappa shape index (κ1) is 14.7. The van der Waals surface area contributed by atoms with Crippen LogP contribution in [0.3, 0.4) is 0 Å². The van der Waals surface area contributed by atoms with Gasteiger partial charge in [-0.25, -0.2) is 4.98 Å². The molecule has 1 rings (SSSR count). The molecule has 17 heavy (non-hydrogen) atoms. The van der Waals surface area contributed by atoms with Crippen molar-refractivity contribution in [1.29, 1.82) is 0 Å². The molecular formula is C14H26N2S. The molecule has 0 aliphatic rings. The number of nitrogens with zero attached hydrogens (tertiary/aromatic N) is 1. The van der Waals surface area contributed by atoms with Gasteiger partial charge in [0.25, 0.3) is 0 Å². The highest BCUT2D eigenvalue weighted by Gasteiger charge is 2.16. The van der Waals surface area contributed by atoms with Crippen molar-refractivity contribution in [2.45, 2.75) is 58.8 Å². The molecule has 0 saturated heterocycles. The number of unbranched alkanes of at least 4 members (excludes halogenated alkanes) is 2. The summed E-state index contributed by atoms with van der Waals surface area (Å²) in [6.07, 6.45) is 4.98. The van der Waals surface area contributed by atoms with Crippen LogP contribution in [0.2, 0.25) is 0 Å². The van der Waals surface area contributed by atoms with Crippen LogP contribution in [0.4, 0.5) is 0 Å². The monoisotopic (exact) mass is 254 g/mol. The molecule has 3 heteroatoms. The van der Waals surface area contributed by atoms with Crippen molar-refractivity contribution in [3.8, 4) is 0 Å². The van der Waals surface area contributed by atoms with Crippen LogP contribution in [-0.2, 0) is 11.8 Å². The van der Waals surface area contributed by atoms with Gasteiger partial charge < -0.3 is 5.32 Å². The van der Waals surface area contributed by atoms with Gasteiger partial charge in [0.1, 0.15) is 0 Å². The van der Waals surface area contributed by atoms with E-state index in [-0.39, 0.29) is 5.41 Å². The molecule has 1 heterocycles. The van der Waals surface area contributed by atoms with E-state index >= 15 is 0 Å². The molecule has 1 aromatic heterocycles. The predicted molar refractivity (Wildman–Crippen MR) is 76.9 cm³/mol. The number of hydrogen-bond acceptors (Lipinski definition) is 3. The molecular weight excluding hydrogens is 228 g/mol. The normalized spacial score (nSPS) is 12.0. The maximum atomic E-state index is 4.69. The van der Waals surface area contributed by atoms with E-state index in [2.05, 4.69) is 38.4 Å². The predicted octanol–water partition coefficient (Wildman–Crippen LogP) is 3.76. The zero-order chi connectivity index (χ0) is 12.7. The van der Waals surface area contributed by atoms with E-state index in [1.54, 1.807) is 11.3 Å². The van der Waals surface area contributed by atoms with Gasteiger partial charge in [-0.05, 0) is 13.0 Å². The fourth-order valence-corrected chi connectivity index (χ4v) is 2.62. The molecule has 0 aliphatic heterocycles. The number of thiazole rings is 1. The molecule has 0 spiro atoms. The average Bonchev–Trinajstić information content (AvgIpc) is 2.71. The maximum Gasteiger partial charge on any atom is 0.0941 e. The standard InChI is InChI=1S/C14H26N2S/c1-5-6-7-9-15-10-8-13-16-12(11-17-13)14(2,3)4/h11,15H,5-10H2,1-4H3.